The molecule has 1 aromatic heterocycles. The molecule has 0 saturated heterocycles. The molecule has 0 amide bonds. The molecule has 2 aromatic rings. The minimum atomic E-state index is -0.870. The number of benzene rings is 1. The summed E-state index contributed by atoms with van der Waals surface area (Å²) >= 11 is 3.37. The van der Waals surface area contributed by atoms with Crippen molar-refractivity contribution in [1.82, 2.24) is 0 Å². The molecule has 0 saturated carbocycles. The highest BCUT2D eigenvalue weighted by Crippen LogP contribution is 2.36. The summed E-state index contributed by atoms with van der Waals surface area (Å²) in [5.74, 6) is -0.366. The molecule has 0 fully saturated rings. The van der Waals surface area contributed by atoms with Crippen LogP contribution in [0.1, 0.15) is 29.9 Å². The summed E-state index contributed by atoms with van der Waals surface area (Å²) < 4.78 is 6.43. The van der Waals surface area contributed by atoms with Crippen LogP contribution in [0.4, 0.5) is 0 Å². The summed E-state index contributed by atoms with van der Waals surface area (Å²) in [4.78, 5) is 11.3. The van der Waals surface area contributed by atoms with E-state index in [2.05, 4.69) is 15.9 Å². The van der Waals surface area contributed by atoms with Crippen molar-refractivity contribution in [2.45, 2.75) is 19.3 Å². The van der Waals surface area contributed by atoms with E-state index in [-0.39, 0.29) is 12.2 Å². The Balaban J connectivity index is 2.49. The fraction of sp³-hybridized carbons (Fsp3) is 0.235. The first-order valence-electron chi connectivity index (χ1n) is 6.68. The molecule has 0 bridgehead atoms. The van der Waals surface area contributed by atoms with Crippen molar-refractivity contribution in [2.24, 2.45) is 5.92 Å². The van der Waals surface area contributed by atoms with E-state index < -0.39 is 11.8 Å². The van der Waals surface area contributed by atoms with Crippen molar-refractivity contribution in [3.63, 3.8) is 0 Å². The number of halogens is 1. The van der Waals surface area contributed by atoms with Gasteiger partial charge in [-0.3, -0.25) is 4.79 Å². The van der Waals surface area contributed by atoms with Crippen molar-refractivity contribution in [2.75, 3.05) is 0 Å². The summed E-state index contributed by atoms with van der Waals surface area (Å²) in [5, 5.41) is 18.5. The molecule has 0 spiro atoms. The first kappa shape index (κ1) is 16.0. The third-order valence-corrected chi connectivity index (χ3v) is 3.93. The lowest BCUT2D eigenvalue weighted by atomic mass is 9.86. The van der Waals surface area contributed by atoms with Gasteiger partial charge in [-0.05, 0) is 34.5 Å². The number of furan rings is 1. The van der Waals surface area contributed by atoms with Crippen LogP contribution in [0.2, 0.25) is 0 Å². The van der Waals surface area contributed by atoms with Crippen LogP contribution in [-0.4, -0.2) is 5.78 Å². The second-order valence-electron chi connectivity index (χ2n) is 4.92. The Bertz CT molecular complexity index is 739. The number of hydrogen-bond donors (Lipinski definition) is 0. The molecule has 110 valence electrons. The average molecular weight is 357 g/mol. The Labute approximate surface area is 137 Å². The lowest BCUT2D eigenvalue weighted by Crippen LogP contribution is -2.10. The second-order valence-corrected chi connectivity index (χ2v) is 5.78. The molecule has 0 N–H and O–H groups in total. The molecule has 0 aliphatic carbocycles. The van der Waals surface area contributed by atoms with Crippen LogP contribution in [0, 0.1) is 28.6 Å². The van der Waals surface area contributed by atoms with E-state index >= 15 is 0 Å². The maximum Gasteiger partial charge on any atom is 0.147 e. The molecular weight excluding hydrogens is 344 g/mol. The highest BCUT2D eigenvalue weighted by molar-refractivity contribution is 9.10. The van der Waals surface area contributed by atoms with Crippen LogP contribution in [0.25, 0.3) is 0 Å². The fourth-order valence-corrected chi connectivity index (χ4v) is 2.73. The standard InChI is InChI=1S/C17H13BrN2O2/c1-11(21)7-15-14(18)8-16(22-15)17(13(9-19)10-20)12-5-3-2-4-6-12/h2-6,8,13,17H,7H2,1H3/t17-/m0/s1. The van der Waals surface area contributed by atoms with Gasteiger partial charge in [0.25, 0.3) is 0 Å². The second kappa shape index (κ2) is 7.06. The van der Waals surface area contributed by atoms with Crippen LogP contribution in [-0.2, 0) is 11.2 Å². The van der Waals surface area contributed by atoms with E-state index in [1.165, 1.54) is 6.92 Å². The average Bonchev–Trinajstić information content (AvgIpc) is 2.85. The highest BCUT2D eigenvalue weighted by Gasteiger charge is 2.29. The quantitative estimate of drug-likeness (QED) is 0.811. The van der Waals surface area contributed by atoms with Gasteiger partial charge < -0.3 is 4.42 Å². The molecule has 0 aliphatic heterocycles. The number of Topliss-reactive ketones (excluding diaryl/α,β-unsaturated/α-hetero) is 1. The Morgan fingerprint density at radius 3 is 2.45 bits per heavy atom. The first-order valence-corrected chi connectivity index (χ1v) is 7.47. The van der Waals surface area contributed by atoms with Crippen LogP contribution in [0.5, 0.6) is 0 Å². The highest BCUT2D eigenvalue weighted by atomic mass is 79.9. The molecule has 0 unspecified atom stereocenters. The van der Waals surface area contributed by atoms with E-state index in [1.54, 1.807) is 6.07 Å². The maximum absolute atomic E-state index is 11.3. The number of carbonyl (C=O) groups excluding carboxylic acids is 1. The van der Waals surface area contributed by atoms with Crippen LogP contribution >= 0.6 is 15.9 Å². The Morgan fingerprint density at radius 2 is 1.91 bits per heavy atom. The predicted molar refractivity (Wildman–Crippen MR) is 83.8 cm³/mol. The van der Waals surface area contributed by atoms with Gasteiger partial charge in [-0.1, -0.05) is 30.3 Å². The molecule has 4 nitrogen and oxygen atoms in total. The van der Waals surface area contributed by atoms with Gasteiger partial charge in [0.15, 0.2) is 0 Å². The third-order valence-electron chi connectivity index (χ3n) is 3.26. The van der Waals surface area contributed by atoms with E-state index in [4.69, 9.17) is 4.42 Å². The maximum atomic E-state index is 11.3. The molecule has 5 heteroatoms. The number of ketones is 1. The zero-order valence-corrected chi connectivity index (χ0v) is 13.5. The number of hydrogen-bond acceptors (Lipinski definition) is 4. The van der Waals surface area contributed by atoms with Crippen molar-refractivity contribution in [3.8, 4) is 12.1 Å². The zero-order chi connectivity index (χ0) is 16.1. The normalized spacial score (nSPS) is 11.7. The van der Waals surface area contributed by atoms with Crippen molar-refractivity contribution < 1.29 is 9.21 Å². The molecular formula is C17H13BrN2O2. The molecule has 1 aromatic carbocycles. The van der Waals surface area contributed by atoms with E-state index in [0.29, 0.717) is 16.0 Å². The van der Waals surface area contributed by atoms with Crippen LogP contribution < -0.4 is 0 Å². The Hall–Kier alpha value is -2.37. The van der Waals surface area contributed by atoms with E-state index in [1.807, 2.05) is 42.5 Å². The van der Waals surface area contributed by atoms with Gasteiger partial charge in [-0.2, -0.15) is 10.5 Å². The molecule has 0 radical (unpaired) electrons. The van der Waals surface area contributed by atoms with E-state index in [0.717, 1.165) is 5.56 Å². The SMILES string of the molecule is CC(=O)Cc1oc([C@@H](c2ccccc2)C(C#N)C#N)cc1Br. The third kappa shape index (κ3) is 3.44. The monoisotopic (exact) mass is 356 g/mol. The summed E-state index contributed by atoms with van der Waals surface area (Å²) in [7, 11) is 0. The predicted octanol–water partition coefficient (Wildman–Crippen LogP) is 3.97. The minimum Gasteiger partial charge on any atom is -0.464 e. The first-order chi connectivity index (χ1) is 10.6. The number of nitrogens with zero attached hydrogens (tertiary/aromatic N) is 2. The number of carbonyl (C=O) groups is 1. The van der Waals surface area contributed by atoms with Gasteiger partial charge in [-0.15, -0.1) is 0 Å². The van der Waals surface area contributed by atoms with Gasteiger partial charge in [-0.25, -0.2) is 0 Å². The fourth-order valence-electron chi connectivity index (χ4n) is 2.29. The van der Waals surface area contributed by atoms with Gasteiger partial charge in [0.2, 0.25) is 0 Å². The number of nitriles is 2. The topological polar surface area (TPSA) is 77.8 Å². The molecule has 2 rings (SSSR count). The summed E-state index contributed by atoms with van der Waals surface area (Å²) in [6.45, 7) is 1.48. The number of rotatable bonds is 5. The van der Waals surface area contributed by atoms with Gasteiger partial charge in [0.1, 0.15) is 23.2 Å². The van der Waals surface area contributed by atoms with Crippen molar-refractivity contribution >= 4 is 21.7 Å². The lowest BCUT2D eigenvalue weighted by Gasteiger charge is -2.15. The minimum absolute atomic E-state index is 0.0185. The largest absolute Gasteiger partial charge is 0.464 e. The summed E-state index contributed by atoms with van der Waals surface area (Å²) in [6.07, 6.45) is 0.172. The zero-order valence-electron chi connectivity index (χ0n) is 11.9. The van der Waals surface area contributed by atoms with Crippen molar-refractivity contribution in [1.29, 1.82) is 10.5 Å². The van der Waals surface area contributed by atoms with E-state index in [9.17, 15) is 15.3 Å². The summed E-state index contributed by atoms with van der Waals surface area (Å²) in [5.41, 5.74) is 0.825. The van der Waals surface area contributed by atoms with Gasteiger partial charge in [0, 0.05) is 0 Å². The Morgan fingerprint density at radius 1 is 1.27 bits per heavy atom. The van der Waals surface area contributed by atoms with Crippen LogP contribution in [0.3, 0.4) is 0 Å². The summed E-state index contributed by atoms with van der Waals surface area (Å²) in [6, 6.07) is 15.0. The lowest BCUT2D eigenvalue weighted by molar-refractivity contribution is -0.116. The molecule has 1 atom stereocenters. The van der Waals surface area contributed by atoms with Gasteiger partial charge in [0.05, 0.1) is 28.9 Å². The van der Waals surface area contributed by atoms with Crippen molar-refractivity contribution in [3.05, 3.63) is 58.0 Å². The van der Waals surface area contributed by atoms with Crippen LogP contribution in [0.15, 0.2) is 45.3 Å². The smallest absolute Gasteiger partial charge is 0.147 e. The molecule has 1 heterocycles. The molecule has 22 heavy (non-hydrogen) atoms. The Kier molecular flexibility index (Phi) is 5.14. The molecule has 0 aliphatic rings. The van der Waals surface area contributed by atoms with Gasteiger partial charge >= 0.3 is 0 Å².